The Labute approximate surface area is 281 Å². The number of rotatable bonds is 19. The molecule has 1 aromatic heterocycles. The monoisotopic (exact) mass is 758 g/mol. The molecule has 45 heavy (non-hydrogen) atoms. The predicted molar refractivity (Wildman–Crippen MR) is 178 cm³/mol. The SMILES string of the molecule is COC[C@H](CC(=O)[C@H](COC)NC(=O)c1cnc(C)s1)C(=O)N[C@@H](Cc1ccccc1)C(=O)[C@@](C)(CI)OC(=O)C(N)C(C)C. The number of ketones is 2. The van der Waals surface area contributed by atoms with Crippen molar-refractivity contribution < 1.29 is 38.2 Å². The summed E-state index contributed by atoms with van der Waals surface area (Å²) in [7, 11) is 2.79. The fraction of sp³-hybridized carbons (Fsp3) is 0.548. The van der Waals surface area contributed by atoms with Crippen molar-refractivity contribution in [2.24, 2.45) is 17.6 Å². The lowest BCUT2D eigenvalue weighted by Gasteiger charge is -2.32. The second-order valence-corrected chi connectivity index (χ2v) is 13.2. The number of nitrogens with zero attached hydrogens (tertiary/aromatic N) is 1. The number of thiazole rings is 1. The zero-order valence-corrected chi connectivity index (χ0v) is 29.4. The molecule has 0 saturated carbocycles. The van der Waals surface area contributed by atoms with Gasteiger partial charge in [0.15, 0.2) is 17.2 Å². The molecule has 0 bridgehead atoms. The van der Waals surface area contributed by atoms with E-state index in [4.69, 9.17) is 19.9 Å². The highest BCUT2D eigenvalue weighted by Gasteiger charge is 2.43. The zero-order valence-electron chi connectivity index (χ0n) is 26.5. The second-order valence-electron chi connectivity index (χ2n) is 11.2. The smallest absolute Gasteiger partial charge is 0.324 e. The van der Waals surface area contributed by atoms with Gasteiger partial charge in [-0.2, -0.15) is 0 Å². The number of alkyl halides is 1. The number of carbonyl (C=O) groups is 5. The molecule has 2 rings (SSSR count). The van der Waals surface area contributed by atoms with E-state index in [0.717, 1.165) is 5.56 Å². The van der Waals surface area contributed by atoms with Gasteiger partial charge in [-0.15, -0.1) is 11.3 Å². The Balaban J connectivity index is 2.30. The third-order valence-corrected chi connectivity index (χ3v) is 9.43. The Morgan fingerprint density at radius 2 is 1.67 bits per heavy atom. The second kappa shape index (κ2) is 18.4. The van der Waals surface area contributed by atoms with Gasteiger partial charge >= 0.3 is 5.97 Å². The number of aromatic nitrogens is 1. The van der Waals surface area contributed by atoms with Crippen molar-refractivity contribution in [2.45, 2.75) is 64.3 Å². The number of benzene rings is 1. The lowest BCUT2D eigenvalue weighted by molar-refractivity contribution is -0.166. The first-order valence-corrected chi connectivity index (χ1v) is 16.8. The Bertz CT molecular complexity index is 1310. The van der Waals surface area contributed by atoms with Crippen molar-refractivity contribution in [3.05, 3.63) is 52.0 Å². The number of ether oxygens (including phenoxy) is 3. The fourth-order valence-electron chi connectivity index (χ4n) is 4.31. The molecule has 0 saturated heterocycles. The first-order valence-electron chi connectivity index (χ1n) is 14.4. The van der Waals surface area contributed by atoms with Crippen molar-refractivity contribution in [3.8, 4) is 0 Å². The van der Waals surface area contributed by atoms with E-state index in [1.807, 2.05) is 52.9 Å². The summed E-state index contributed by atoms with van der Waals surface area (Å²) < 4.78 is 16.2. The Hall–Kier alpha value is -2.79. The quantitative estimate of drug-likeness (QED) is 0.110. The maximum atomic E-state index is 14.0. The normalized spacial score (nSPS) is 15.3. The van der Waals surface area contributed by atoms with Crippen LogP contribution >= 0.6 is 33.9 Å². The van der Waals surface area contributed by atoms with Crippen molar-refractivity contribution >= 4 is 63.3 Å². The molecule has 0 fully saturated rings. The molecular formula is C31H43IN4O8S. The lowest BCUT2D eigenvalue weighted by atomic mass is 9.90. The summed E-state index contributed by atoms with van der Waals surface area (Å²) in [5.41, 5.74) is 5.16. The molecule has 0 aliphatic rings. The molecule has 1 aromatic carbocycles. The van der Waals surface area contributed by atoms with Gasteiger partial charge in [0.25, 0.3) is 5.91 Å². The van der Waals surface area contributed by atoms with Crippen LogP contribution in [0.25, 0.3) is 0 Å². The van der Waals surface area contributed by atoms with Crippen LogP contribution in [0.15, 0.2) is 36.5 Å². The summed E-state index contributed by atoms with van der Waals surface area (Å²) in [6.07, 6.45) is 1.23. The minimum Gasteiger partial charge on any atom is -0.449 e. The van der Waals surface area contributed by atoms with Gasteiger partial charge in [0.05, 0.1) is 36.4 Å². The maximum Gasteiger partial charge on any atom is 0.324 e. The number of nitrogens with two attached hydrogens (primary N) is 1. The van der Waals surface area contributed by atoms with Gasteiger partial charge in [-0.25, -0.2) is 4.98 Å². The molecule has 1 heterocycles. The summed E-state index contributed by atoms with van der Waals surface area (Å²) in [5, 5.41) is 6.14. The van der Waals surface area contributed by atoms with E-state index in [1.165, 1.54) is 38.7 Å². The standard InChI is InChI=1S/C31H43IN4O8S/c1-18(2)26(33)30(41)44-31(4,17-32)27(38)22(12-20-10-8-7-9-11-20)35-28(39)21(15-42-5)13-24(37)23(16-43-6)36-29(40)25-14-34-19(3)45-25/h7-11,14,18,21-23,26H,12-13,15-17,33H2,1-6H3,(H,35,39)(H,36,40)/t21-,22-,23-,26?,31+/m0/s1. The van der Waals surface area contributed by atoms with Crippen LogP contribution in [0.4, 0.5) is 0 Å². The molecule has 12 nitrogen and oxygen atoms in total. The molecule has 5 atom stereocenters. The van der Waals surface area contributed by atoms with E-state index in [-0.39, 0.29) is 36.4 Å². The van der Waals surface area contributed by atoms with Gasteiger partial charge in [0, 0.05) is 25.1 Å². The fourth-order valence-corrected chi connectivity index (χ4v) is 5.53. The Kier molecular flexibility index (Phi) is 15.7. The van der Waals surface area contributed by atoms with E-state index >= 15 is 0 Å². The number of esters is 1. The molecule has 2 aromatic rings. The molecule has 0 spiro atoms. The summed E-state index contributed by atoms with van der Waals surface area (Å²) >= 11 is 3.15. The third kappa shape index (κ3) is 11.5. The van der Waals surface area contributed by atoms with E-state index in [2.05, 4.69) is 15.6 Å². The molecule has 14 heteroatoms. The van der Waals surface area contributed by atoms with Crippen LogP contribution in [0.2, 0.25) is 0 Å². The number of hydrogen-bond donors (Lipinski definition) is 3. The van der Waals surface area contributed by atoms with Crippen LogP contribution in [-0.4, -0.2) is 89.9 Å². The van der Waals surface area contributed by atoms with Crippen molar-refractivity contribution in [3.63, 3.8) is 0 Å². The van der Waals surface area contributed by atoms with Crippen molar-refractivity contribution in [1.82, 2.24) is 15.6 Å². The number of methoxy groups -OCH3 is 2. The lowest BCUT2D eigenvalue weighted by Crippen LogP contribution is -2.57. The van der Waals surface area contributed by atoms with Crippen molar-refractivity contribution in [1.29, 1.82) is 0 Å². The number of hydrogen-bond acceptors (Lipinski definition) is 11. The number of carbonyl (C=O) groups excluding carboxylic acids is 5. The highest BCUT2D eigenvalue weighted by molar-refractivity contribution is 14.1. The summed E-state index contributed by atoms with van der Waals surface area (Å²) in [5.74, 6) is -4.00. The topological polar surface area (TPSA) is 176 Å². The van der Waals surface area contributed by atoms with Gasteiger partial charge in [-0.3, -0.25) is 24.0 Å². The van der Waals surface area contributed by atoms with Gasteiger partial charge in [0.1, 0.15) is 17.0 Å². The number of halogens is 1. The average Bonchev–Trinajstić information content (AvgIpc) is 3.45. The minimum absolute atomic E-state index is 0.107. The first kappa shape index (κ1) is 38.4. The highest BCUT2D eigenvalue weighted by Crippen LogP contribution is 2.22. The number of aryl methyl sites for hydroxylation is 1. The van der Waals surface area contributed by atoms with Gasteiger partial charge in [0.2, 0.25) is 5.91 Å². The number of Topliss-reactive ketones (excluding diaryl/α,β-unsaturated/α-hetero) is 2. The third-order valence-electron chi connectivity index (χ3n) is 7.07. The van der Waals surface area contributed by atoms with E-state index < -0.39 is 59.0 Å². The zero-order chi connectivity index (χ0) is 33.7. The molecular weight excluding hydrogens is 715 g/mol. The largest absolute Gasteiger partial charge is 0.449 e. The van der Waals surface area contributed by atoms with Crippen LogP contribution in [0.5, 0.6) is 0 Å². The number of amides is 2. The molecule has 4 N–H and O–H groups in total. The maximum absolute atomic E-state index is 14.0. The molecule has 0 aliphatic heterocycles. The summed E-state index contributed by atoms with van der Waals surface area (Å²) in [6, 6.07) is 5.99. The molecule has 248 valence electrons. The highest BCUT2D eigenvalue weighted by atomic mass is 127. The summed E-state index contributed by atoms with van der Waals surface area (Å²) in [6.45, 7) is 6.55. The van der Waals surface area contributed by atoms with E-state index in [1.54, 1.807) is 20.8 Å². The first-order chi connectivity index (χ1) is 21.3. The van der Waals surface area contributed by atoms with Crippen LogP contribution in [0.3, 0.4) is 0 Å². The number of nitrogens with one attached hydrogen (secondary N) is 2. The van der Waals surface area contributed by atoms with Crippen LogP contribution in [0, 0.1) is 18.8 Å². The molecule has 1 unspecified atom stereocenters. The molecule has 2 amide bonds. The van der Waals surface area contributed by atoms with Gasteiger partial charge < -0.3 is 30.6 Å². The van der Waals surface area contributed by atoms with E-state index in [0.29, 0.717) is 9.88 Å². The van der Waals surface area contributed by atoms with Crippen LogP contribution < -0.4 is 16.4 Å². The summed E-state index contributed by atoms with van der Waals surface area (Å²) in [4.78, 5) is 71.0. The minimum atomic E-state index is -1.59. The van der Waals surface area contributed by atoms with Gasteiger partial charge in [-0.1, -0.05) is 66.8 Å². The van der Waals surface area contributed by atoms with Crippen molar-refractivity contribution in [2.75, 3.05) is 31.9 Å². The molecule has 0 radical (unpaired) electrons. The average molecular weight is 759 g/mol. The predicted octanol–water partition coefficient (Wildman–Crippen LogP) is 2.43. The van der Waals surface area contributed by atoms with Crippen LogP contribution in [0.1, 0.15) is 47.4 Å². The Morgan fingerprint density at radius 3 is 2.20 bits per heavy atom. The Morgan fingerprint density at radius 1 is 1.02 bits per heavy atom. The van der Waals surface area contributed by atoms with Crippen LogP contribution in [-0.2, 0) is 39.8 Å². The van der Waals surface area contributed by atoms with Gasteiger partial charge in [-0.05, 0) is 31.7 Å². The van der Waals surface area contributed by atoms with E-state index in [9.17, 15) is 24.0 Å². The molecule has 0 aliphatic carbocycles.